The number of rotatable bonds is 7. The lowest BCUT2D eigenvalue weighted by atomic mass is 9.96. The highest BCUT2D eigenvalue weighted by Gasteiger charge is 2.26. The van der Waals surface area contributed by atoms with Gasteiger partial charge < -0.3 is 10.2 Å². The van der Waals surface area contributed by atoms with Crippen molar-refractivity contribution in [1.29, 1.82) is 0 Å². The van der Waals surface area contributed by atoms with Gasteiger partial charge in [-0.15, -0.1) is 0 Å². The molecule has 1 N–H and O–H groups in total. The second-order valence-corrected chi connectivity index (χ2v) is 7.43. The fourth-order valence-corrected chi connectivity index (χ4v) is 3.83. The number of carbonyl (C=O) groups excluding carboxylic acids is 1. The number of nitrogens with zero attached hydrogens (tertiary/aromatic N) is 3. The summed E-state index contributed by atoms with van der Waals surface area (Å²) in [6, 6.07) is 6.44. The third-order valence-corrected chi connectivity index (χ3v) is 5.51. The molecule has 0 unspecified atom stereocenters. The molecule has 0 radical (unpaired) electrons. The van der Waals surface area contributed by atoms with Gasteiger partial charge >= 0.3 is 0 Å². The molecule has 26 heavy (non-hydrogen) atoms. The van der Waals surface area contributed by atoms with Crippen LogP contribution in [0.1, 0.15) is 44.0 Å². The molecule has 1 saturated heterocycles. The molecular weight excluding hydrogens is 351 g/mol. The molecule has 3 rings (SSSR count). The van der Waals surface area contributed by atoms with E-state index < -0.39 is 0 Å². The van der Waals surface area contributed by atoms with Crippen LogP contribution in [0.5, 0.6) is 0 Å². The zero-order chi connectivity index (χ0) is 18.4. The quantitative estimate of drug-likeness (QED) is 0.753. The molecule has 1 amide bonds. The summed E-state index contributed by atoms with van der Waals surface area (Å²) in [7, 11) is 0. The summed E-state index contributed by atoms with van der Waals surface area (Å²) in [4.78, 5) is 19.0. The zero-order valence-corrected chi connectivity index (χ0v) is 15.9. The van der Waals surface area contributed by atoms with Crippen LogP contribution in [0.3, 0.4) is 0 Å². The van der Waals surface area contributed by atoms with Crippen LogP contribution in [-0.4, -0.2) is 34.9 Å². The molecule has 140 valence electrons. The summed E-state index contributed by atoms with van der Waals surface area (Å²) in [6.07, 6.45) is 4.44. The Labute approximate surface area is 157 Å². The lowest BCUT2D eigenvalue weighted by molar-refractivity contribution is -0.125. The average Bonchev–Trinajstić information content (AvgIpc) is 3.12. The minimum atomic E-state index is -0.234. The maximum absolute atomic E-state index is 13.0. The van der Waals surface area contributed by atoms with Gasteiger partial charge in [0.2, 0.25) is 11.0 Å². The Morgan fingerprint density at radius 1 is 1.31 bits per heavy atom. The summed E-state index contributed by atoms with van der Waals surface area (Å²) in [5, 5.41) is 3.94. The zero-order valence-electron chi connectivity index (χ0n) is 15.1. The van der Waals surface area contributed by atoms with Crippen LogP contribution >= 0.6 is 11.5 Å². The Balaban J connectivity index is 1.50. The third kappa shape index (κ3) is 5.00. The van der Waals surface area contributed by atoms with Crippen LogP contribution in [0.25, 0.3) is 0 Å². The molecule has 1 aromatic carbocycles. The number of nitrogens with one attached hydrogen (secondary N) is 1. The number of carbonyl (C=O) groups is 1. The van der Waals surface area contributed by atoms with Crippen molar-refractivity contribution in [3.05, 3.63) is 41.5 Å². The Hall–Kier alpha value is -2.02. The Bertz CT molecular complexity index is 711. The van der Waals surface area contributed by atoms with Crippen LogP contribution < -0.4 is 10.2 Å². The molecule has 1 aliphatic rings. The van der Waals surface area contributed by atoms with Gasteiger partial charge in [-0.2, -0.15) is 4.37 Å². The molecule has 0 atom stereocenters. The maximum atomic E-state index is 13.0. The van der Waals surface area contributed by atoms with Crippen molar-refractivity contribution < 1.29 is 9.18 Å². The number of benzene rings is 1. The van der Waals surface area contributed by atoms with E-state index in [1.165, 1.54) is 23.7 Å². The summed E-state index contributed by atoms with van der Waals surface area (Å²) < 4.78 is 17.4. The number of unbranched alkanes of at least 4 members (excludes halogenated alkanes) is 1. The van der Waals surface area contributed by atoms with Gasteiger partial charge in [-0.3, -0.25) is 4.79 Å². The molecular formula is C19H25FN4OS. The first-order valence-electron chi connectivity index (χ1n) is 9.25. The van der Waals surface area contributed by atoms with E-state index in [2.05, 4.69) is 26.5 Å². The van der Waals surface area contributed by atoms with Crippen molar-refractivity contribution in [1.82, 2.24) is 14.7 Å². The van der Waals surface area contributed by atoms with Gasteiger partial charge in [0.1, 0.15) is 11.6 Å². The number of halogens is 1. The first kappa shape index (κ1) is 18.8. The number of hydrogen-bond donors (Lipinski definition) is 1. The number of anilines is 1. The average molecular weight is 377 g/mol. The lowest BCUT2D eigenvalue weighted by Gasteiger charge is -2.30. The van der Waals surface area contributed by atoms with Crippen molar-refractivity contribution in [3.63, 3.8) is 0 Å². The van der Waals surface area contributed by atoms with E-state index in [-0.39, 0.29) is 17.6 Å². The summed E-state index contributed by atoms with van der Waals surface area (Å²) in [6.45, 7) is 4.56. The molecule has 5 nitrogen and oxygen atoms in total. The molecule has 1 aromatic heterocycles. The normalized spacial score (nSPS) is 15.2. The van der Waals surface area contributed by atoms with E-state index in [0.717, 1.165) is 61.8 Å². The number of hydrogen-bond acceptors (Lipinski definition) is 5. The van der Waals surface area contributed by atoms with Gasteiger partial charge in [0, 0.05) is 43.5 Å². The smallest absolute Gasteiger partial charge is 0.223 e. The predicted molar refractivity (Wildman–Crippen MR) is 102 cm³/mol. The molecule has 1 fully saturated rings. The topological polar surface area (TPSA) is 58.1 Å². The fraction of sp³-hybridized carbons (Fsp3) is 0.526. The Morgan fingerprint density at radius 2 is 2.04 bits per heavy atom. The lowest BCUT2D eigenvalue weighted by Crippen LogP contribution is -2.40. The van der Waals surface area contributed by atoms with E-state index in [0.29, 0.717) is 6.42 Å². The Morgan fingerprint density at radius 3 is 2.73 bits per heavy atom. The highest BCUT2D eigenvalue weighted by molar-refractivity contribution is 7.09. The molecule has 0 saturated carbocycles. The number of amides is 1. The van der Waals surface area contributed by atoms with Crippen molar-refractivity contribution in [3.8, 4) is 0 Å². The number of aromatic nitrogens is 2. The van der Waals surface area contributed by atoms with E-state index in [1.54, 1.807) is 12.1 Å². The van der Waals surface area contributed by atoms with Crippen LogP contribution in [0, 0.1) is 11.7 Å². The highest BCUT2D eigenvalue weighted by Crippen LogP contribution is 2.25. The third-order valence-electron chi connectivity index (χ3n) is 4.70. The van der Waals surface area contributed by atoms with E-state index in [4.69, 9.17) is 0 Å². The van der Waals surface area contributed by atoms with Gasteiger partial charge in [-0.1, -0.05) is 25.5 Å². The molecule has 2 heterocycles. The molecule has 0 spiro atoms. The monoisotopic (exact) mass is 376 g/mol. The second-order valence-electron chi connectivity index (χ2n) is 6.70. The molecule has 1 aliphatic heterocycles. The SMILES string of the molecule is CCCCNC(=O)C1CCN(c2nc(Cc3ccc(F)cc3)ns2)CC1. The standard InChI is InChI=1S/C19H25FN4OS/c1-2-3-10-21-18(25)15-8-11-24(12-9-15)19-22-17(23-26-19)13-14-4-6-16(20)7-5-14/h4-7,15H,2-3,8-13H2,1H3,(H,21,25). The van der Waals surface area contributed by atoms with Crippen molar-refractivity contribution >= 4 is 22.6 Å². The maximum Gasteiger partial charge on any atom is 0.223 e. The highest BCUT2D eigenvalue weighted by atomic mass is 32.1. The van der Waals surface area contributed by atoms with Gasteiger partial charge in [0.05, 0.1) is 0 Å². The van der Waals surface area contributed by atoms with E-state index >= 15 is 0 Å². The van der Waals surface area contributed by atoms with Crippen LogP contribution in [0.4, 0.5) is 9.52 Å². The molecule has 0 bridgehead atoms. The minimum absolute atomic E-state index is 0.106. The number of piperidine rings is 1. The van der Waals surface area contributed by atoms with Crippen LogP contribution in [0.15, 0.2) is 24.3 Å². The van der Waals surface area contributed by atoms with Crippen molar-refractivity contribution in [2.75, 3.05) is 24.5 Å². The van der Waals surface area contributed by atoms with Gasteiger partial charge in [-0.05, 0) is 37.0 Å². The van der Waals surface area contributed by atoms with E-state index in [1.807, 2.05) is 0 Å². The summed E-state index contributed by atoms with van der Waals surface area (Å²) in [5.74, 6) is 0.820. The summed E-state index contributed by atoms with van der Waals surface area (Å²) in [5.41, 5.74) is 0.998. The van der Waals surface area contributed by atoms with E-state index in [9.17, 15) is 9.18 Å². The second kappa shape index (κ2) is 9.07. The van der Waals surface area contributed by atoms with Gasteiger partial charge in [-0.25, -0.2) is 9.37 Å². The fourth-order valence-electron chi connectivity index (χ4n) is 3.10. The molecule has 7 heteroatoms. The predicted octanol–water partition coefficient (Wildman–Crippen LogP) is 3.40. The molecule has 0 aliphatic carbocycles. The minimum Gasteiger partial charge on any atom is -0.356 e. The first-order valence-corrected chi connectivity index (χ1v) is 10.0. The van der Waals surface area contributed by atoms with Crippen molar-refractivity contribution in [2.45, 2.75) is 39.0 Å². The van der Waals surface area contributed by atoms with Crippen LogP contribution in [-0.2, 0) is 11.2 Å². The van der Waals surface area contributed by atoms with Gasteiger partial charge in [0.15, 0.2) is 0 Å². The van der Waals surface area contributed by atoms with Crippen molar-refractivity contribution in [2.24, 2.45) is 5.92 Å². The largest absolute Gasteiger partial charge is 0.356 e. The van der Waals surface area contributed by atoms with Crippen LogP contribution in [0.2, 0.25) is 0 Å². The van der Waals surface area contributed by atoms with Gasteiger partial charge in [0.25, 0.3) is 0 Å². The molecule has 2 aromatic rings. The first-order chi connectivity index (χ1) is 12.7. The summed E-state index contributed by atoms with van der Waals surface area (Å²) >= 11 is 1.40. The Kier molecular flexibility index (Phi) is 6.55.